The van der Waals surface area contributed by atoms with E-state index in [-0.39, 0.29) is 12.2 Å². The Morgan fingerprint density at radius 1 is 1.04 bits per heavy atom. The van der Waals surface area contributed by atoms with E-state index in [0.717, 1.165) is 5.56 Å². The molecule has 0 saturated heterocycles. The first-order valence-corrected chi connectivity index (χ1v) is 10.1. The van der Waals surface area contributed by atoms with Crippen LogP contribution < -0.4 is 5.14 Å². The van der Waals surface area contributed by atoms with Crippen molar-refractivity contribution in [3.05, 3.63) is 94.8 Å². The van der Waals surface area contributed by atoms with Gasteiger partial charge in [0.05, 0.1) is 5.69 Å². The van der Waals surface area contributed by atoms with Crippen molar-refractivity contribution in [3.63, 3.8) is 0 Å². The largest absolute Gasteiger partial charge is 0.355 e. The van der Waals surface area contributed by atoms with Crippen molar-refractivity contribution in [1.82, 2.24) is 4.98 Å². The molecule has 0 aliphatic heterocycles. The number of carbonyl (C=O) groups excluding carboxylic acids is 1. The van der Waals surface area contributed by atoms with Crippen LogP contribution in [0.4, 0.5) is 0 Å². The average Bonchev–Trinajstić information content (AvgIpc) is 3.01. The molecule has 1 unspecified atom stereocenters. The Kier molecular flexibility index (Phi) is 5.04. The molecule has 3 N–H and O–H groups in total. The van der Waals surface area contributed by atoms with Gasteiger partial charge in [0.1, 0.15) is 4.75 Å². The molecule has 5 nitrogen and oxygen atoms in total. The van der Waals surface area contributed by atoms with Crippen molar-refractivity contribution in [2.75, 3.05) is 0 Å². The first-order valence-electron chi connectivity index (χ1n) is 8.58. The van der Waals surface area contributed by atoms with Gasteiger partial charge in [-0.1, -0.05) is 60.7 Å². The number of hydrogen-bond donors (Lipinski definition) is 2. The Labute approximate surface area is 159 Å². The van der Waals surface area contributed by atoms with E-state index in [1.54, 1.807) is 55.5 Å². The summed E-state index contributed by atoms with van der Waals surface area (Å²) < 4.78 is 23.5. The van der Waals surface area contributed by atoms with E-state index in [2.05, 4.69) is 4.98 Å². The van der Waals surface area contributed by atoms with E-state index < -0.39 is 14.8 Å². The number of carbonyl (C=O) groups is 1. The molecule has 27 heavy (non-hydrogen) atoms. The van der Waals surface area contributed by atoms with Gasteiger partial charge < -0.3 is 4.98 Å². The van der Waals surface area contributed by atoms with Crippen LogP contribution in [0, 0.1) is 6.92 Å². The van der Waals surface area contributed by atoms with E-state index >= 15 is 0 Å². The highest BCUT2D eigenvalue weighted by Gasteiger charge is 2.39. The number of aromatic nitrogens is 1. The lowest BCUT2D eigenvalue weighted by molar-refractivity contribution is 0.103. The molecular weight excluding hydrogens is 360 g/mol. The predicted octanol–water partition coefficient (Wildman–Crippen LogP) is 3.30. The maximum atomic E-state index is 12.7. The van der Waals surface area contributed by atoms with Crippen molar-refractivity contribution in [2.24, 2.45) is 5.14 Å². The van der Waals surface area contributed by atoms with Gasteiger partial charge >= 0.3 is 0 Å². The third kappa shape index (κ3) is 3.72. The Bertz CT molecular complexity index is 1060. The lowest BCUT2D eigenvalue weighted by atomic mass is 9.95. The van der Waals surface area contributed by atoms with Crippen LogP contribution in [0.5, 0.6) is 0 Å². The Hall–Kier alpha value is -2.70. The smallest absolute Gasteiger partial charge is 0.219 e. The second-order valence-electron chi connectivity index (χ2n) is 6.87. The van der Waals surface area contributed by atoms with Crippen LogP contribution in [0.25, 0.3) is 0 Å². The first-order chi connectivity index (χ1) is 12.7. The Balaban J connectivity index is 1.99. The van der Waals surface area contributed by atoms with Crippen LogP contribution in [0.2, 0.25) is 0 Å². The molecule has 1 heterocycles. The molecule has 140 valence electrons. The van der Waals surface area contributed by atoms with Crippen molar-refractivity contribution in [2.45, 2.75) is 25.0 Å². The first kappa shape index (κ1) is 19.1. The number of nitrogens with two attached hydrogens (primary N) is 1. The van der Waals surface area contributed by atoms with Gasteiger partial charge in [0.25, 0.3) is 0 Å². The van der Waals surface area contributed by atoms with E-state index in [0.29, 0.717) is 22.5 Å². The number of H-pyrrole nitrogens is 1. The summed E-state index contributed by atoms with van der Waals surface area (Å²) in [7, 11) is -3.90. The quantitative estimate of drug-likeness (QED) is 0.641. The molecule has 3 aromatic rings. The number of aromatic amines is 1. The van der Waals surface area contributed by atoms with Crippen molar-refractivity contribution >= 4 is 15.8 Å². The van der Waals surface area contributed by atoms with Crippen molar-refractivity contribution in [1.29, 1.82) is 0 Å². The minimum atomic E-state index is -3.90. The highest BCUT2D eigenvalue weighted by molar-refractivity contribution is 7.90. The maximum absolute atomic E-state index is 12.7. The molecule has 0 spiro atoms. The molecule has 0 aliphatic rings. The normalized spacial score (nSPS) is 13.9. The van der Waals surface area contributed by atoms with Crippen LogP contribution >= 0.6 is 0 Å². The molecule has 0 radical (unpaired) electrons. The highest BCUT2D eigenvalue weighted by Crippen LogP contribution is 2.32. The monoisotopic (exact) mass is 382 g/mol. The number of sulfonamides is 1. The summed E-state index contributed by atoms with van der Waals surface area (Å²) in [6, 6.07) is 19.6. The average molecular weight is 382 g/mol. The van der Waals surface area contributed by atoms with E-state index in [4.69, 9.17) is 5.14 Å². The summed E-state index contributed by atoms with van der Waals surface area (Å²) in [6.07, 6.45) is 0.138. The fraction of sp³-hybridized carbons (Fsp3) is 0.190. The molecule has 1 aromatic heterocycles. The van der Waals surface area contributed by atoms with Gasteiger partial charge in [0.15, 0.2) is 0 Å². The molecule has 6 heteroatoms. The van der Waals surface area contributed by atoms with Gasteiger partial charge in [-0.25, -0.2) is 13.6 Å². The zero-order chi connectivity index (χ0) is 19.7. The third-order valence-corrected chi connectivity index (χ3v) is 6.51. The van der Waals surface area contributed by atoms with Crippen LogP contribution in [-0.4, -0.2) is 19.2 Å². The van der Waals surface area contributed by atoms with E-state index in [1.165, 1.54) is 0 Å². The fourth-order valence-electron chi connectivity index (χ4n) is 3.21. The minimum Gasteiger partial charge on any atom is -0.355 e. The summed E-state index contributed by atoms with van der Waals surface area (Å²) in [5, 5.41) is 5.58. The van der Waals surface area contributed by atoms with Gasteiger partial charge in [-0.15, -0.1) is 0 Å². The number of ketones is 1. The summed E-state index contributed by atoms with van der Waals surface area (Å²) >= 11 is 0. The van der Waals surface area contributed by atoms with E-state index in [1.807, 2.05) is 25.1 Å². The molecule has 1 atom stereocenters. The molecule has 2 aromatic carbocycles. The predicted molar refractivity (Wildman–Crippen MR) is 106 cm³/mol. The number of primary sulfonamides is 1. The lowest BCUT2D eigenvalue weighted by Crippen LogP contribution is -2.40. The number of nitrogens with one attached hydrogen (secondary N) is 1. The van der Waals surface area contributed by atoms with Crippen molar-refractivity contribution in [3.8, 4) is 0 Å². The van der Waals surface area contributed by atoms with Crippen LogP contribution in [0.1, 0.15) is 39.8 Å². The summed E-state index contributed by atoms with van der Waals surface area (Å²) in [4.78, 5) is 15.8. The zero-order valence-electron chi connectivity index (χ0n) is 15.3. The molecule has 0 fully saturated rings. The second kappa shape index (κ2) is 7.13. The second-order valence-corrected chi connectivity index (χ2v) is 8.86. The van der Waals surface area contributed by atoms with Gasteiger partial charge in [0.2, 0.25) is 15.8 Å². The summed E-state index contributed by atoms with van der Waals surface area (Å²) in [6.45, 7) is 3.43. The Morgan fingerprint density at radius 3 is 2.15 bits per heavy atom. The fourth-order valence-corrected chi connectivity index (χ4v) is 4.04. The van der Waals surface area contributed by atoms with Crippen LogP contribution in [0.15, 0.2) is 66.7 Å². The third-order valence-electron chi connectivity index (χ3n) is 4.87. The lowest BCUT2D eigenvalue weighted by Gasteiger charge is -2.27. The molecule has 0 aliphatic carbocycles. The topological polar surface area (TPSA) is 93.0 Å². The maximum Gasteiger partial charge on any atom is 0.219 e. The number of benzene rings is 2. The highest BCUT2D eigenvalue weighted by atomic mass is 32.2. The van der Waals surface area contributed by atoms with Gasteiger partial charge in [-0.05, 0) is 31.0 Å². The van der Waals surface area contributed by atoms with Gasteiger partial charge in [-0.2, -0.15) is 0 Å². The summed E-state index contributed by atoms with van der Waals surface area (Å²) in [5.41, 5.74) is 3.05. The molecular formula is C21H22N2O3S. The van der Waals surface area contributed by atoms with Crippen LogP contribution in [-0.2, 0) is 21.2 Å². The zero-order valence-corrected chi connectivity index (χ0v) is 16.1. The SMILES string of the molecule is Cc1cc(CC(C)(c2ccccc2)S(N)(=O)=O)[nH]c1C(=O)c1ccccc1. The molecule has 0 saturated carbocycles. The van der Waals surface area contributed by atoms with Gasteiger partial charge in [-0.3, -0.25) is 4.79 Å². The molecule has 3 rings (SSSR count). The van der Waals surface area contributed by atoms with Gasteiger partial charge in [0, 0.05) is 17.7 Å². The molecule has 0 bridgehead atoms. The van der Waals surface area contributed by atoms with Crippen LogP contribution in [0.3, 0.4) is 0 Å². The summed E-state index contributed by atoms with van der Waals surface area (Å²) in [5.74, 6) is -0.128. The molecule has 0 amide bonds. The van der Waals surface area contributed by atoms with E-state index in [9.17, 15) is 13.2 Å². The number of aryl methyl sites for hydroxylation is 1. The number of rotatable bonds is 6. The Morgan fingerprint density at radius 2 is 1.59 bits per heavy atom. The standard InChI is InChI=1S/C21H22N2O3S/c1-15-13-18(23-19(15)20(24)16-9-5-3-6-10-16)14-21(2,27(22,25)26)17-11-7-4-8-12-17/h3-13,23H,14H2,1-2H3,(H2,22,25,26). The van der Waals surface area contributed by atoms with Crippen molar-refractivity contribution < 1.29 is 13.2 Å². The number of hydrogen-bond acceptors (Lipinski definition) is 3. The minimum absolute atomic E-state index is 0.128.